The number of benzene rings is 1. The molecule has 0 radical (unpaired) electrons. The highest BCUT2D eigenvalue weighted by Gasteiger charge is 2.14. The molecule has 116 valence electrons. The molecule has 1 aromatic heterocycles. The number of ether oxygens (including phenoxy) is 2. The van der Waals surface area contributed by atoms with E-state index in [1.54, 1.807) is 18.2 Å². The van der Waals surface area contributed by atoms with Crippen LogP contribution in [-0.4, -0.2) is 29.9 Å². The molecule has 1 amide bonds. The third-order valence-corrected chi connectivity index (χ3v) is 3.99. The molecule has 2 aromatic rings. The van der Waals surface area contributed by atoms with E-state index in [1.165, 1.54) is 11.8 Å². The largest absolute Gasteiger partial charge is 0.486 e. The number of nitrogens with zero attached hydrogens (tertiary/aromatic N) is 1. The van der Waals surface area contributed by atoms with E-state index in [0.717, 1.165) is 11.5 Å². The molecule has 1 aliphatic rings. The number of carbonyl (C=O) groups is 1. The maximum atomic E-state index is 12.0. The minimum atomic E-state index is -0.129. The molecule has 22 heavy (non-hydrogen) atoms. The lowest BCUT2D eigenvalue weighted by atomic mass is 10.2. The van der Waals surface area contributed by atoms with Gasteiger partial charge in [0.05, 0.1) is 11.4 Å². The Morgan fingerprint density at radius 2 is 2.05 bits per heavy atom. The van der Waals surface area contributed by atoms with Gasteiger partial charge in [0.1, 0.15) is 19.0 Å². The predicted molar refractivity (Wildman–Crippen MR) is 82.8 cm³/mol. The zero-order valence-electron chi connectivity index (χ0n) is 12.3. The number of oxazole rings is 1. The summed E-state index contributed by atoms with van der Waals surface area (Å²) >= 11 is 1.27. The summed E-state index contributed by atoms with van der Waals surface area (Å²) in [7, 11) is 0. The van der Waals surface area contributed by atoms with Gasteiger partial charge in [-0.2, -0.15) is 0 Å². The molecule has 0 aliphatic carbocycles. The number of rotatable bonds is 4. The van der Waals surface area contributed by atoms with Gasteiger partial charge in [0, 0.05) is 11.8 Å². The molecule has 0 atom stereocenters. The lowest BCUT2D eigenvalue weighted by Gasteiger charge is -2.18. The van der Waals surface area contributed by atoms with Gasteiger partial charge in [0.2, 0.25) is 5.91 Å². The van der Waals surface area contributed by atoms with Crippen molar-refractivity contribution in [3.8, 4) is 11.5 Å². The van der Waals surface area contributed by atoms with Gasteiger partial charge in [-0.25, -0.2) is 4.98 Å². The minimum Gasteiger partial charge on any atom is -0.486 e. The Labute approximate surface area is 132 Å². The predicted octanol–water partition coefficient (Wildman–Crippen LogP) is 2.79. The van der Waals surface area contributed by atoms with E-state index in [-0.39, 0.29) is 11.7 Å². The highest BCUT2D eigenvalue weighted by molar-refractivity contribution is 7.99. The molecule has 3 rings (SSSR count). The van der Waals surface area contributed by atoms with Gasteiger partial charge in [0.15, 0.2) is 11.5 Å². The Kier molecular flexibility index (Phi) is 4.24. The number of anilines is 1. The molecule has 7 heteroatoms. The molecule has 0 fully saturated rings. The Hall–Kier alpha value is -2.15. The fourth-order valence-electron chi connectivity index (χ4n) is 1.95. The number of nitrogens with one attached hydrogen (secondary N) is 1. The molecule has 6 nitrogen and oxygen atoms in total. The van der Waals surface area contributed by atoms with E-state index in [1.807, 2.05) is 13.8 Å². The van der Waals surface area contributed by atoms with Crippen LogP contribution in [0.25, 0.3) is 0 Å². The number of fused-ring (bicyclic) bond motifs is 1. The molecule has 2 heterocycles. The van der Waals surface area contributed by atoms with Crippen LogP contribution in [0.3, 0.4) is 0 Å². The van der Waals surface area contributed by atoms with Crippen molar-refractivity contribution in [3.63, 3.8) is 0 Å². The quantitative estimate of drug-likeness (QED) is 0.873. The van der Waals surface area contributed by atoms with Crippen LogP contribution in [0.15, 0.2) is 27.8 Å². The van der Waals surface area contributed by atoms with Crippen LogP contribution < -0.4 is 14.8 Å². The first-order chi connectivity index (χ1) is 10.6. The van der Waals surface area contributed by atoms with E-state index in [4.69, 9.17) is 13.9 Å². The van der Waals surface area contributed by atoms with Crippen molar-refractivity contribution >= 4 is 23.4 Å². The summed E-state index contributed by atoms with van der Waals surface area (Å²) in [5.74, 6) is 2.22. The number of aryl methyl sites for hydroxylation is 2. The summed E-state index contributed by atoms with van der Waals surface area (Å²) in [6.45, 7) is 4.78. The Morgan fingerprint density at radius 1 is 1.27 bits per heavy atom. The van der Waals surface area contributed by atoms with E-state index in [9.17, 15) is 4.79 Å². The Morgan fingerprint density at radius 3 is 2.77 bits per heavy atom. The fourth-order valence-corrected chi connectivity index (χ4v) is 2.66. The van der Waals surface area contributed by atoms with Gasteiger partial charge in [-0.3, -0.25) is 4.79 Å². The summed E-state index contributed by atoms with van der Waals surface area (Å²) in [5.41, 5.74) is 1.52. The smallest absolute Gasteiger partial charge is 0.256 e. The van der Waals surface area contributed by atoms with Crippen molar-refractivity contribution in [2.45, 2.75) is 19.1 Å². The zero-order chi connectivity index (χ0) is 15.5. The van der Waals surface area contributed by atoms with Gasteiger partial charge >= 0.3 is 0 Å². The molecule has 0 unspecified atom stereocenters. The molecule has 1 aromatic carbocycles. The van der Waals surface area contributed by atoms with Crippen LogP contribution in [0.2, 0.25) is 0 Å². The third-order valence-electron chi connectivity index (χ3n) is 3.16. The van der Waals surface area contributed by atoms with Crippen molar-refractivity contribution in [3.05, 3.63) is 29.7 Å². The maximum absolute atomic E-state index is 12.0. The van der Waals surface area contributed by atoms with Gasteiger partial charge in [-0.05, 0) is 26.0 Å². The van der Waals surface area contributed by atoms with Gasteiger partial charge < -0.3 is 19.2 Å². The highest BCUT2D eigenvalue weighted by atomic mass is 32.2. The summed E-state index contributed by atoms with van der Waals surface area (Å²) in [6.07, 6.45) is 0. The summed E-state index contributed by atoms with van der Waals surface area (Å²) in [4.78, 5) is 16.2. The van der Waals surface area contributed by atoms with Crippen molar-refractivity contribution in [1.82, 2.24) is 4.98 Å². The van der Waals surface area contributed by atoms with Crippen LogP contribution >= 0.6 is 11.8 Å². The first-order valence-electron chi connectivity index (χ1n) is 6.88. The summed E-state index contributed by atoms with van der Waals surface area (Å²) in [5, 5.41) is 3.33. The van der Waals surface area contributed by atoms with E-state index in [2.05, 4.69) is 10.3 Å². The highest BCUT2D eigenvalue weighted by Crippen LogP contribution is 2.32. The monoisotopic (exact) mass is 320 g/mol. The number of aromatic nitrogens is 1. The van der Waals surface area contributed by atoms with E-state index >= 15 is 0 Å². The van der Waals surface area contributed by atoms with Crippen molar-refractivity contribution in [1.29, 1.82) is 0 Å². The fraction of sp³-hybridized carbons (Fsp3) is 0.333. The Balaban J connectivity index is 1.57. The van der Waals surface area contributed by atoms with Crippen LogP contribution in [0.5, 0.6) is 11.5 Å². The zero-order valence-corrected chi connectivity index (χ0v) is 13.2. The normalized spacial score (nSPS) is 13.0. The number of hydrogen-bond acceptors (Lipinski definition) is 6. The number of amides is 1. The second-order valence-corrected chi connectivity index (χ2v) is 5.74. The minimum absolute atomic E-state index is 0.129. The standard InChI is InChI=1S/C15H16N2O4S/c1-9-10(2)21-15(16-9)22-8-14(18)17-11-3-4-12-13(7-11)20-6-5-19-12/h3-4,7H,5-6,8H2,1-2H3,(H,17,18). The maximum Gasteiger partial charge on any atom is 0.256 e. The summed E-state index contributed by atoms with van der Waals surface area (Å²) < 4.78 is 16.3. The molecular weight excluding hydrogens is 304 g/mol. The van der Waals surface area contributed by atoms with Gasteiger partial charge in [0.25, 0.3) is 5.22 Å². The molecule has 0 bridgehead atoms. The SMILES string of the molecule is Cc1nc(SCC(=O)Nc2ccc3c(c2)OCCO3)oc1C. The van der Waals surface area contributed by atoms with E-state index < -0.39 is 0 Å². The second-order valence-electron chi connectivity index (χ2n) is 4.82. The average Bonchev–Trinajstić information content (AvgIpc) is 2.84. The van der Waals surface area contributed by atoms with Crippen molar-refractivity contribution in [2.75, 3.05) is 24.3 Å². The van der Waals surface area contributed by atoms with Crippen molar-refractivity contribution < 1.29 is 18.7 Å². The average molecular weight is 320 g/mol. The van der Waals surface area contributed by atoms with E-state index in [0.29, 0.717) is 35.6 Å². The lowest BCUT2D eigenvalue weighted by Crippen LogP contribution is -2.17. The molecule has 1 N–H and O–H groups in total. The second kappa shape index (κ2) is 6.31. The Bertz CT molecular complexity index is 679. The topological polar surface area (TPSA) is 73.6 Å². The van der Waals surface area contributed by atoms with Crippen LogP contribution in [-0.2, 0) is 4.79 Å². The van der Waals surface area contributed by atoms with Crippen LogP contribution in [0.1, 0.15) is 11.5 Å². The first kappa shape index (κ1) is 14.8. The summed E-state index contributed by atoms with van der Waals surface area (Å²) in [6, 6.07) is 5.34. The third kappa shape index (κ3) is 3.36. The molecule has 0 saturated carbocycles. The van der Waals surface area contributed by atoms with Crippen molar-refractivity contribution in [2.24, 2.45) is 0 Å². The van der Waals surface area contributed by atoms with Crippen LogP contribution in [0, 0.1) is 13.8 Å². The molecular formula is C15H16N2O4S. The van der Waals surface area contributed by atoms with Gasteiger partial charge in [-0.15, -0.1) is 0 Å². The first-order valence-corrected chi connectivity index (χ1v) is 7.87. The van der Waals surface area contributed by atoms with Gasteiger partial charge in [-0.1, -0.05) is 11.8 Å². The molecule has 0 spiro atoms. The van der Waals surface area contributed by atoms with Crippen LogP contribution in [0.4, 0.5) is 5.69 Å². The number of carbonyl (C=O) groups excluding carboxylic acids is 1. The number of thioether (sulfide) groups is 1. The molecule has 1 aliphatic heterocycles. The molecule has 0 saturated heterocycles. The lowest BCUT2D eigenvalue weighted by molar-refractivity contribution is -0.113. The number of hydrogen-bond donors (Lipinski definition) is 1.